The lowest BCUT2D eigenvalue weighted by molar-refractivity contribution is -0.268. The van der Waals surface area contributed by atoms with E-state index < -0.39 is 78.3 Å². The van der Waals surface area contributed by atoms with Gasteiger partial charge in [0.15, 0.2) is 5.76 Å². The molecule has 5 rings (SSSR count). The van der Waals surface area contributed by atoms with Gasteiger partial charge in [-0.2, -0.15) is 0 Å². The van der Waals surface area contributed by atoms with Gasteiger partial charge in [0, 0.05) is 17.7 Å². The molecule has 2 saturated heterocycles. The van der Waals surface area contributed by atoms with Crippen LogP contribution in [0.15, 0.2) is 45.6 Å². The minimum absolute atomic E-state index is 0.0859. The molecule has 3 aromatic rings. The van der Waals surface area contributed by atoms with Crippen molar-refractivity contribution in [3.05, 3.63) is 46.6 Å². The molecule has 41 heavy (non-hydrogen) atoms. The highest BCUT2D eigenvalue weighted by Gasteiger charge is 2.45. The van der Waals surface area contributed by atoms with Crippen LogP contribution in [-0.2, 0) is 9.47 Å². The Morgan fingerprint density at radius 3 is 1.80 bits per heavy atom. The van der Waals surface area contributed by atoms with Gasteiger partial charge in [-0.25, -0.2) is 0 Å². The van der Waals surface area contributed by atoms with E-state index in [2.05, 4.69) is 0 Å². The van der Waals surface area contributed by atoms with Crippen molar-refractivity contribution in [3.63, 3.8) is 0 Å². The first-order valence-electron chi connectivity index (χ1n) is 12.7. The van der Waals surface area contributed by atoms with Gasteiger partial charge in [0.25, 0.3) is 0 Å². The lowest BCUT2D eigenvalue weighted by Crippen LogP contribution is -2.58. The van der Waals surface area contributed by atoms with Gasteiger partial charge < -0.3 is 64.2 Å². The molecule has 8 N–H and O–H groups in total. The SMILES string of the molecule is CC1O[C@@H](Oc2cc(O)c3c(=O)c(O[C@@H]4OC(C)[C@H](O)C(O)C4O)c(-c4ccc(O)cc4)oc3c2)C(O)C(O)[C@H]1O. The van der Waals surface area contributed by atoms with Gasteiger partial charge in [-0.05, 0) is 38.1 Å². The van der Waals surface area contributed by atoms with Gasteiger partial charge in [0.05, 0.1) is 12.2 Å². The Bertz CT molecular complexity index is 1460. The van der Waals surface area contributed by atoms with Crippen LogP contribution in [0.2, 0.25) is 0 Å². The van der Waals surface area contributed by atoms with Crippen LogP contribution in [0.4, 0.5) is 0 Å². The molecule has 2 fully saturated rings. The molecule has 0 bridgehead atoms. The van der Waals surface area contributed by atoms with Crippen molar-refractivity contribution in [2.24, 2.45) is 0 Å². The van der Waals surface area contributed by atoms with Gasteiger partial charge in [-0.1, -0.05) is 0 Å². The monoisotopic (exact) mass is 578 g/mol. The zero-order valence-electron chi connectivity index (χ0n) is 21.8. The first-order valence-corrected chi connectivity index (χ1v) is 12.7. The molecule has 14 heteroatoms. The molecule has 2 aliphatic heterocycles. The number of phenols is 2. The molecular formula is C27H30O14. The maximum absolute atomic E-state index is 13.7. The van der Waals surface area contributed by atoms with Gasteiger partial charge in [0.2, 0.25) is 23.8 Å². The number of aliphatic hydroxyl groups is 6. The number of benzene rings is 2. The van der Waals surface area contributed by atoms with E-state index in [-0.39, 0.29) is 33.8 Å². The lowest BCUT2D eigenvalue weighted by atomic mass is 10.00. The maximum Gasteiger partial charge on any atom is 0.239 e. The van der Waals surface area contributed by atoms with Crippen molar-refractivity contribution in [3.8, 4) is 34.3 Å². The molecule has 1 aromatic heterocycles. The van der Waals surface area contributed by atoms with Crippen LogP contribution in [0.5, 0.6) is 23.0 Å². The van der Waals surface area contributed by atoms with E-state index in [0.29, 0.717) is 0 Å². The third-order valence-electron chi connectivity index (χ3n) is 7.14. The van der Waals surface area contributed by atoms with Crippen molar-refractivity contribution in [1.82, 2.24) is 0 Å². The Hall–Kier alpha value is -3.47. The molecule has 2 aromatic carbocycles. The average molecular weight is 579 g/mol. The summed E-state index contributed by atoms with van der Waals surface area (Å²) < 4.78 is 28.2. The van der Waals surface area contributed by atoms with Crippen molar-refractivity contribution in [2.45, 2.75) is 75.3 Å². The number of ether oxygens (including phenoxy) is 4. The Kier molecular flexibility index (Phi) is 7.84. The molecule has 0 spiro atoms. The highest BCUT2D eigenvalue weighted by Crippen LogP contribution is 2.38. The van der Waals surface area contributed by atoms with Crippen molar-refractivity contribution < 1.29 is 64.2 Å². The van der Waals surface area contributed by atoms with E-state index >= 15 is 0 Å². The normalized spacial score (nSPS) is 34.0. The standard InChI is InChI=1S/C27H30O14/c1-9-17(30)20(33)22(35)26(37-9)39-13-7-14(29)16-15(8-13)40-24(11-3-5-12(28)6-4-11)25(19(16)32)41-27-23(36)21(34)18(31)10(2)38-27/h3-10,17-18,20-23,26-31,33-36H,1-2H3/t9?,10?,17-,18-,20?,21?,22?,23?,26-,27-/m0/s1. The summed E-state index contributed by atoms with van der Waals surface area (Å²) in [4.78, 5) is 13.7. The van der Waals surface area contributed by atoms with Gasteiger partial charge in [-0.3, -0.25) is 4.79 Å². The van der Waals surface area contributed by atoms with Crippen molar-refractivity contribution in [1.29, 1.82) is 0 Å². The van der Waals surface area contributed by atoms with E-state index in [1.807, 2.05) is 0 Å². The summed E-state index contributed by atoms with van der Waals surface area (Å²) >= 11 is 0. The van der Waals surface area contributed by atoms with Gasteiger partial charge >= 0.3 is 0 Å². The van der Waals surface area contributed by atoms with Crippen molar-refractivity contribution >= 4 is 11.0 Å². The molecule has 0 aliphatic carbocycles. The molecule has 6 unspecified atom stereocenters. The fourth-order valence-corrected chi connectivity index (χ4v) is 4.71. The van der Waals surface area contributed by atoms with Crippen LogP contribution >= 0.6 is 0 Å². The minimum Gasteiger partial charge on any atom is -0.508 e. The summed E-state index contributed by atoms with van der Waals surface area (Å²) in [6, 6.07) is 7.71. The number of phenolic OH excluding ortho intramolecular Hbond substituents is 2. The fraction of sp³-hybridized carbons (Fsp3) is 0.444. The zero-order valence-corrected chi connectivity index (χ0v) is 21.8. The number of fused-ring (bicyclic) bond motifs is 1. The summed E-state index contributed by atoms with van der Waals surface area (Å²) in [6.07, 6.45) is -14.3. The minimum atomic E-state index is -1.76. The molecule has 222 valence electrons. The van der Waals surface area contributed by atoms with Crippen LogP contribution in [-0.4, -0.2) is 102 Å². The van der Waals surface area contributed by atoms with Gasteiger partial charge in [0.1, 0.15) is 64.8 Å². The van der Waals surface area contributed by atoms with Crippen LogP contribution < -0.4 is 14.9 Å². The molecule has 0 radical (unpaired) electrons. The number of aromatic hydroxyl groups is 2. The first kappa shape index (κ1) is 29.0. The predicted octanol–water partition coefficient (Wildman–Crippen LogP) is -0.716. The molecule has 3 heterocycles. The summed E-state index contributed by atoms with van der Waals surface area (Å²) in [7, 11) is 0. The predicted molar refractivity (Wildman–Crippen MR) is 137 cm³/mol. The number of hydrogen-bond acceptors (Lipinski definition) is 14. The molecule has 14 nitrogen and oxygen atoms in total. The number of hydrogen-bond donors (Lipinski definition) is 8. The lowest BCUT2D eigenvalue weighted by Gasteiger charge is -2.39. The highest BCUT2D eigenvalue weighted by atomic mass is 16.7. The van der Waals surface area contributed by atoms with Crippen LogP contribution in [0.1, 0.15) is 13.8 Å². The second-order valence-corrected chi connectivity index (χ2v) is 10.1. The van der Waals surface area contributed by atoms with Gasteiger partial charge in [-0.15, -0.1) is 0 Å². The van der Waals surface area contributed by atoms with E-state index in [9.17, 15) is 45.6 Å². The summed E-state index contributed by atoms with van der Waals surface area (Å²) in [5.74, 6) is -1.55. The Morgan fingerprint density at radius 1 is 0.707 bits per heavy atom. The Balaban J connectivity index is 1.58. The van der Waals surface area contributed by atoms with Crippen LogP contribution in [0, 0.1) is 0 Å². The first-order chi connectivity index (χ1) is 19.4. The summed E-state index contributed by atoms with van der Waals surface area (Å²) in [6.45, 7) is 2.90. The van der Waals surface area contributed by atoms with E-state index in [4.69, 9.17) is 23.4 Å². The van der Waals surface area contributed by atoms with E-state index in [1.54, 1.807) is 0 Å². The second kappa shape index (κ2) is 11.1. The highest BCUT2D eigenvalue weighted by molar-refractivity contribution is 5.88. The molecular weight excluding hydrogens is 548 g/mol. The zero-order chi connectivity index (χ0) is 29.7. The molecule has 0 amide bonds. The fourth-order valence-electron chi connectivity index (χ4n) is 4.71. The Morgan fingerprint density at radius 2 is 1.24 bits per heavy atom. The largest absolute Gasteiger partial charge is 0.508 e. The van der Waals surface area contributed by atoms with Crippen molar-refractivity contribution in [2.75, 3.05) is 0 Å². The van der Waals surface area contributed by atoms with Crippen LogP contribution in [0.3, 0.4) is 0 Å². The number of aliphatic hydroxyl groups excluding tert-OH is 6. The maximum atomic E-state index is 13.7. The third kappa shape index (κ3) is 5.31. The third-order valence-corrected chi connectivity index (χ3v) is 7.14. The molecule has 2 aliphatic rings. The topological polar surface area (TPSA) is 229 Å². The molecule has 10 atom stereocenters. The quantitative estimate of drug-likeness (QED) is 0.187. The summed E-state index contributed by atoms with van der Waals surface area (Å²) in [5.41, 5.74) is -0.865. The van der Waals surface area contributed by atoms with E-state index in [0.717, 1.165) is 6.07 Å². The Labute approximate surface area is 231 Å². The van der Waals surface area contributed by atoms with E-state index in [1.165, 1.54) is 44.2 Å². The average Bonchev–Trinajstić information content (AvgIpc) is 2.93. The smallest absolute Gasteiger partial charge is 0.239 e. The van der Waals surface area contributed by atoms with Crippen LogP contribution in [0.25, 0.3) is 22.3 Å². The molecule has 0 saturated carbocycles. The summed E-state index contributed by atoms with van der Waals surface area (Å²) in [5, 5.41) is 81.1. The second-order valence-electron chi connectivity index (χ2n) is 10.1. The number of rotatable bonds is 5.